The number of ether oxygens (including phenoxy) is 3. The minimum atomic E-state index is -0.789. The van der Waals surface area contributed by atoms with E-state index in [4.69, 9.17) is 14.2 Å². The molecule has 4 rings (SSSR count). The zero-order valence-electron chi connectivity index (χ0n) is 16.9. The zero-order chi connectivity index (χ0) is 21.8. The number of nitrogens with zero attached hydrogens (tertiary/aromatic N) is 1. The largest absolute Gasteiger partial charge is 0.496 e. The molecule has 1 amide bonds. The van der Waals surface area contributed by atoms with Crippen LogP contribution >= 0.6 is 0 Å². The van der Waals surface area contributed by atoms with Crippen molar-refractivity contribution in [2.75, 3.05) is 12.4 Å². The lowest BCUT2D eigenvalue weighted by Gasteiger charge is -2.12. The Bertz CT molecular complexity index is 1250. The fraction of sp³-hybridized carbons (Fsp3) is 0.0833. The summed E-state index contributed by atoms with van der Waals surface area (Å²) in [5.41, 5.74) is 1.60. The average molecular weight is 418 g/mol. The Morgan fingerprint density at radius 1 is 0.968 bits per heavy atom. The summed E-state index contributed by atoms with van der Waals surface area (Å²) in [7, 11) is 1.60. The lowest BCUT2D eigenvalue weighted by atomic mass is 10.1. The molecule has 0 fully saturated rings. The quantitative estimate of drug-likeness (QED) is 0.424. The fourth-order valence-corrected chi connectivity index (χ4v) is 3.08. The second kappa shape index (κ2) is 8.71. The maximum atomic E-state index is 14.5. The number of nitrogens with one attached hydrogen (secondary N) is 1. The van der Waals surface area contributed by atoms with Gasteiger partial charge in [0.2, 0.25) is 0 Å². The van der Waals surface area contributed by atoms with Gasteiger partial charge >= 0.3 is 6.09 Å². The summed E-state index contributed by atoms with van der Waals surface area (Å²) in [6, 6.07) is 18.1. The highest BCUT2D eigenvalue weighted by molar-refractivity contribution is 5.88. The summed E-state index contributed by atoms with van der Waals surface area (Å²) in [5.74, 6) is 1.23. The van der Waals surface area contributed by atoms with Crippen molar-refractivity contribution in [2.24, 2.45) is 0 Å². The predicted octanol–water partition coefficient (Wildman–Crippen LogP) is 6.09. The van der Waals surface area contributed by atoms with Gasteiger partial charge in [-0.05, 0) is 48.9 Å². The first-order chi connectivity index (χ1) is 15.0. The smallest absolute Gasteiger partial charge is 0.417 e. The maximum Gasteiger partial charge on any atom is 0.417 e. The number of benzene rings is 3. The maximum absolute atomic E-state index is 14.5. The number of fused-ring (bicyclic) bond motifs is 1. The molecule has 156 valence electrons. The molecule has 0 saturated heterocycles. The van der Waals surface area contributed by atoms with Crippen LogP contribution in [0, 0.1) is 12.7 Å². The molecule has 0 spiro atoms. The zero-order valence-corrected chi connectivity index (χ0v) is 16.9. The van der Waals surface area contributed by atoms with E-state index < -0.39 is 11.9 Å². The summed E-state index contributed by atoms with van der Waals surface area (Å²) in [5, 5.41) is 3.16. The number of hydrogen-bond donors (Lipinski definition) is 1. The SMILES string of the molecule is COc1cc2nccc(Oc3ccc(NC(=O)Oc4ccccc4)c(F)c3)c2cc1C. The van der Waals surface area contributed by atoms with Crippen LogP contribution in [0.3, 0.4) is 0 Å². The van der Waals surface area contributed by atoms with Crippen molar-refractivity contribution >= 4 is 22.7 Å². The van der Waals surface area contributed by atoms with Crippen molar-refractivity contribution in [2.45, 2.75) is 6.92 Å². The van der Waals surface area contributed by atoms with E-state index >= 15 is 0 Å². The Morgan fingerprint density at radius 2 is 1.77 bits per heavy atom. The number of hydrogen-bond acceptors (Lipinski definition) is 5. The van der Waals surface area contributed by atoms with Crippen molar-refractivity contribution in [1.82, 2.24) is 4.98 Å². The van der Waals surface area contributed by atoms with Gasteiger partial charge in [0.25, 0.3) is 0 Å². The van der Waals surface area contributed by atoms with Crippen molar-refractivity contribution in [3.63, 3.8) is 0 Å². The van der Waals surface area contributed by atoms with Gasteiger partial charge in [-0.15, -0.1) is 0 Å². The fourth-order valence-electron chi connectivity index (χ4n) is 3.08. The van der Waals surface area contributed by atoms with E-state index in [9.17, 15) is 9.18 Å². The summed E-state index contributed by atoms with van der Waals surface area (Å²) in [4.78, 5) is 16.3. The van der Waals surface area contributed by atoms with E-state index in [-0.39, 0.29) is 11.4 Å². The van der Waals surface area contributed by atoms with Gasteiger partial charge in [0.1, 0.15) is 23.0 Å². The lowest BCUT2D eigenvalue weighted by Crippen LogP contribution is -2.17. The third-order valence-corrected chi connectivity index (χ3v) is 4.58. The molecule has 0 bridgehead atoms. The van der Waals surface area contributed by atoms with Gasteiger partial charge in [-0.1, -0.05) is 18.2 Å². The molecule has 0 aliphatic carbocycles. The van der Waals surface area contributed by atoms with Crippen LogP contribution in [0.15, 0.2) is 72.9 Å². The predicted molar refractivity (Wildman–Crippen MR) is 116 cm³/mol. The number of carbonyl (C=O) groups excluding carboxylic acids is 1. The Labute approximate surface area is 178 Å². The summed E-state index contributed by atoms with van der Waals surface area (Å²) in [6.45, 7) is 1.92. The molecule has 0 unspecified atom stereocenters. The molecule has 31 heavy (non-hydrogen) atoms. The highest BCUT2D eigenvalue weighted by Crippen LogP contribution is 2.33. The van der Waals surface area contributed by atoms with Crippen molar-refractivity contribution in [1.29, 1.82) is 0 Å². The molecule has 4 aromatic rings. The van der Waals surface area contributed by atoms with Gasteiger partial charge in [0.05, 0.1) is 18.3 Å². The van der Waals surface area contributed by atoms with E-state index in [1.54, 1.807) is 55.8 Å². The Hall–Kier alpha value is -4.13. The Balaban J connectivity index is 1.52. The average Bonchev–Trinajstić information content (AvgIpc) is 2.76. The third kappa shape index (κ3) is 4.56. The van der Waals surface area contributed by atoms with Crippen LogP contribution < -0.4 is 19.5 Å². The first kappa shape index (κ1) is 20.2. The number of amides is 1. The number of carbonyl (C=O) groups is 1. The number of anilines is 1. The first-order valence-corrected chi connectivity index (χ1v) is 9.48. The van der Waals surface area contributed by atoms with Crippen LogP contribution in [-0.2, 0) is 0 Å². The van der Waals surface area contributed by atoms with Gasteiger partial charge in [-0.3, -0.25) is 10.3 Å². The second-order valence-electron chi connectivity index (χ2n) is 6.72. The molecule has 1 heterocycles. The van der Waals surface area contributed by atoms with Crippen LogP contribution in [-0.4, -0.2) is 18.2 Å². The van der Waals surface area contributed by atoms with Crippen molar-refractivity contribution in [3.05, 3.63) is 84.3 Å². The highest BCUT2D eigenvalue weighted by atomic mass is 19.1. The number of halogens is 1. The number of rotatable bonds is 5. The van der Waals surface area contributed by atoms with Crippen LogP contribution in [0.4, 0.5) is 14.9 Å². The highest BCUT2D eigenvalue weighted by Gasteiger charge is 2.12. The van der Waals surface area contributed by atoms with E-state index in [0.29, 0.717) is 17.0 Å². The van der Waals surface area contributed by atoms with E-state index in [1.165, 1.54) is 12.1 Å². The summed E-state index contributed by atoms with van der Waals surface area (Å²) in [6.07, 6.45) is 0.821. The minimum absolute atomic E-state index is 0.0200. The molecule has 0 aliphatic rings. The molecule has 7 heteroatoms. The molecular formula is C24H19FN2O4. The molecule has 6 nitrogen and oxygen atoms in total. The number of aryl methyl sites for hydroxylation is 1. The van der Waals surface area contributed by atoms with Gasteiger partial charge in [-0.2, -0.15) is 0 Å². The van der Waals surface area contributed by atoms with Gasteiger partial charge in [0, 0.05) is 23.7 Å². The number of aromatic nitrogens is 1. The molecular weight excluding hydrogens is 399 g/mol. The number of pyridine rings is 1. The third-order valence-electron chi connectivity index (χ3n) is 4.58. The molecule has 0 saturated carbocycles. The van der Waals surface area contributed by atoms with Crippen LogP contribution in [0.1, 0.15) is 5.56 Å². The summed E-state index contributed by atoms with van der Waals surface area (Å²) < 4.78 is 30.9. The van der Waals surface area contributed by atoms with Gasteiger partial charge in [0.15, 0.2) is 5.82 Å². The molecule has 0 aliphatic heterocycles. The van der Waals surface area contributed by atoms with E-state index in [0.717, 1.165) is 16.7 Å². The van der Waals surface area contributed by atoms with Crippen LogP contribution in [0.2, 0.25) is 0 Å². The van der Waals surface area contributed by atoms with Crippen molar-refractivity contribution in [3.8, 4) is 23.0 Å². The molecule has 3 aromatic carbocycles. The topological polar surface area (TPSA) is 69.7 Å². The summed E-state index contributed by atoms with van der Waals surface area (Å²) >= 11 is 0. The molecule has 0 radical (unpaired) electrons. The van der Waals surface area contributed by atoms with E-state index in [2.05, 4.69) is 10.3 Å². The van der Waals surface area contributed by atoms with Crippen LogP contribution in [0.5, 0.6) is 23.0 Å². The Morgan fingerprint density at radius 3 is 2.52 bits per heavy atom. The van der Waals surface area contributed by atoms with Gasteiger partial charge < -0.3 is 14.2 Å². The van der Waals surface area contributed by atoms with Crippen LogP contribution in [0.25, 0.3) is 10.9 Å². The molecule has 1 N–H and O–H groups in total. The standard InChI is InChI=1S/C24H19FN2O4/c1-15-12-18-21(14-23(15)29-2)26-11-10-22(18)30-17-8-9-20(19(25)13-17)27-24(28)31-16-6-4-3-5-7-16/h3-14H,1-2H3,(H,27,28). The lowest BCUT2D eigenvalue weighted by molar-refractivity contribution is 0.215. The normalized spacial score (nSPS) is 10.5. The van der Waals surface area contributed by atoms with Gasteiger partial charge in [-0.25, -0.2) is 9.18 Å². The molecule has 1 aromatic heterocycles. The first-order valence-electron chi connectivity index (χ1n) is 9.48. The Kier molecular flexibility index (Phi) is 5.66. The monoisotopic (exact) mass is 418 g/mol. The van der Waals surface area contributed by atoms with Crippen molar-refractivity contribution < 1.29 is 23.4 Å². The second-order valence-corrected chi connectivity index (χ2v) is 6.72. The number of methoxy groups -OCH3 is 1. The molecule has 0 atom stereocenters. The number of para-hydroxylation sites is 1. The van der Waals surface area contributed by atoms with E-state index in [1.807, 2.05) is 19.1 Å². The minimum Gasteiger partial charge on any atom is -0.496 e.